The van der Waals surface area contributed by atoms with Crippen molar-refractivity contribution in [3.05, 3.63) is 10.4 Å². The quantitative estimate of drug-likeness (QED) is 0.336. The average molecular weight is 179 g/mol. The molecule has 3 heteroatoms. The van der Waals surface area contributed by atoms with Gasteiger partial charge in [0.05, 0.1) is 0 Å². The zero-order chi connectivity index (χ0) is 9.47. The van der Waals surface area contributed by atoms with Crippen molar-refractivity contribution in [1.29, 1.82) is 0 Å². The van der Waals surface area contributed by atoms with Crippen molar-refractivity contribution in [3.63, 3.8) is 0 Å². The van der Waals surface area contributed by atoms with Gasteiger partial charge in [-0.25, -0.2) is 0 Å². The normalized spacial score (nSPS) is 48.6. The molecule has 4 atom stereocenters. The summed E-state index contributed by atoms with van der Waals surface area (Å²) < 4.78 is 0. The molecule has 0 amide bonds. The monoisotopic (exact) mass is 179 g/mol. The molecule has 0 aromatic rings. The van der Waals surface area contributed by atoms with Crippen LogP contribution in [0.15, 0.2) is 5.11 Å². The number of hydrogen-bond donors (Lipinski definition) is 0. The predicted octanol–water partition coefficient (Wildman–Crippen LogP) is 3.51. The fraction of sp³-hybridized carbons (Fsp3) is 1.00. The second-order valence-electron chi connectivity index (χ2n) is 5.19. The van der Waals surface area contributed by atoms with Crippen LogP contribution in [-0.2, 0) is 0 Å². The molecule has 0 unspecified atom stereocenters. The van der Waals surface area contributed by atoms with Crippen LogP contribution >= 0.6 is 0 Å². The molecule has 2 aliphatic carbocycles. The first kappa shape index (κ1) is 8.89. The minimum absolute atomic E-state index is 0.0653. The smallest absolute Gasteiger partial charge is 0.0465 e. The van der Waals surface area contributed by atoms with Gasteiger partial charge in [0.25, 0.3) is 0 Å². The van der Waals surface area contributed by atoms with E-state index in [1.165, 1.54) is 12.8 Å². The fourth-order valence-corrected chi connectivity index (χ4v) is 3.42. The molecule has 13 heavy (non-hydrogen) atoms. The maximum Gasteiger partial charge on any atom is 0.0465 e. The Morgan fingerprint density at radius 1 is 1.31 bits per heavy atom. The molecule has 2 fully saturated rings. The highest BCUT2D eigenvalue weighted by atomic mass is 15.2. The summed E-state index contributed by atoms with van der Waals surface area (Å²) in [5, 5.41) is 3.94. The van der Waals surface area contributed by atoms with Gasteiger partial charge in [-0.1, -0.05) is 19.0 Å². The van der Waals surface area contributed by atoms with E-state index in [2.05, 4.69) is 23.9 Å². The number of nitrogens with zero attached hydrogens (tertiary/aromatic N) is 3. The van der Waals surface area contributed by atoms with Crippen molar-refractivity contribution in [2.75, 3.05) is 0 Å². The summed E-state index contributed by atoms with van der Waals surface area (Å²) in [5.74, 6) is 2.57. The molecule has 0 aromatic carbocycles. The Kier molecular flexibility index (Phi) is 1.99. The highest BCUT2D eigenvalue weighted by molar-refractivity contribution is 5.01. The van der Waals surface area contributed by atoms with Gasteiger partial charge >= 0.3 is 0 Å². The summed E-state index contributed by atoms with van der Waals surface area (Å²) in [6, 6.07) is 0. The van der Waals surface area contributed by atoms with Crippen LogP contribution in [0, 0.1) is 17.8 Å². The van der Waals surface area contributed by atoms with Crippen LogP contribution in [0.4, 0.5) is 0 Å². The van der Waals surface area contributed by atoms with Crippen LogP contribution in [0.3, 0.4) is 0 Å². The molecule has 0 bridgehead atoms. The van der Waals surface area contributed by atoms with Crippen LogP contribution in [0.1, 0.15) is 39.5 Å². The van der Waals surface area contributed by atoms with Gasteiger partial charge in [0.15, 0.2) is 0 Å². The van der Waals surface area contributed by atoms with Crippen LogP contribution in [-0.4, -0.2) is 5.54 Å². The van der Waals surface area contributed by atoms with E-state index < -0.39 is 0 Å². The van der Waals surface area contributed by atoms with E-state index in [0.717, 1.165) is 30.6 Å². The van der Waals surface area contributed by atoms with E-state index in [0.29, 0.717) is 0 Å². The summed E-state index contributed by atoms with van der Waals surface area (Å²) >= 11 is 0. The second-order valence-corrected chi connectivity index (χ2v) is 5.19. The van der Waals surface area contributed by atoms with E-state index in [1.807, 2.05) is 0 Å². The van der Waals surface area contributed by atoms with E-state index in [9.17, 15) is 0 Å². The van der Waals surface area contributed by atoms with Gasteiger partial charge in [-0.15, -0.1) is 0 Å². The standard InChI is InChI=1S/C10H17N3/c1-7-3-8-5-10(2,12-13-11)6-9(8)4-7/h7-9H,3-6H2,1-2H3/t7-,8+,9-,10+. The van der Waals surface area contributed by atoms with Gasteiger partial charge in [0.2, 0.25) is 0 Å². The Hall–Kier alpha value is -0.690. The molecular formula is C10H17N3. The Balaban J connectivity index is 2.08. The first-order valence-corrected chi connectivity index (χ1v) is 5.19. The topological polar surface area (TPSA) is 48.8 Å². The Morgan fingerprint density at radius 2 is 1.85 bits per heavy atom. The Bertz CT molecular complexity index is 241. The van der Waals surface area contributed by atoms with E-state index >= 15 is 0 Å². The lowest BCUT2D eigenvalue weighted by molar-refractivity contribution is 0.409. The summed E-state index contributed by atoms with van der Waals surface area (Å²) in [5.41, 5.74) is 8.40. The van der Waals surface area contributed by atoms with Gasteiger partial charge in [-0.3, -0.25) is 0 Å². The molecule has 0 heterocycles. The molecule has 2 aliphatic rings. The lowest BCUT2D eigenvalue weighted by atomic mass is 9.95. The zero-order valence-electron chi connectivity index (χ0n) is 8.40. The van der Waals surface area contributed by atoms with Crippen LogP contribution in [0.2, 0.25) is 0 Å². The van der Waals surface area contributed by atoms with Crippen LogP contribution < -0.4 is 0 Å². The van der Waals surface area contributed by atoms with Gasteiger partial charge in [-0.2, -0.15) is 0 Å². The average Bonchev–Trinajstić information content (AvgIpc) is 2.41. The summed E-state index contributed by atoms with van der Waals surface area (Å²) in [6.07, 6.45) is 4.93. The molecule has 0 aliphatic heterocycles. The van der Waals surface area contributed by atoms with Crippen LogP contribution in [0.25, 0.3) is 10.4 Å². The molecule has 72 valence electrons. The maximum absolute atomic E-state index is 8.47. The zero-order valence-corrected chi connectivity index (χ0v) is 8.40. The third kappa shape index (κ3) is 1.53. The molecule has 2 rings (SSSR count). The second kappa shape index (κ2) is 2.91. The lowest BCUT2D eigenvalue weighted by Gasteiger charge is -2.18. The molecule has 0 aromatic heterocycles. The molecule has 2 saturated carbocycles. The van der Waals surface area contributed by atoms with Gasteiger partial charge in [0.1, 0.15) is 0 Å². The van der Waals surface area contributed by atoms with E-state index in [4.69, 9.17) is 5.53 Å². The largest absolute Gasteiger partial charge is 0.0875 e. The molecular weight excluding hydrogens is 162 g/mol. The summed E-state index contributed by atoms with van der Waals surface area (Å²) in [7, 11) is 0. The van der Waals surface area contributed by atoms with Crippen molar-refractivity contribution in [1.82, 2.24) is 0 Å². The third-order valence-corrected chi connectivity index (χ3v) is 3.77. The third-order valence-electron chi connectivity index (χ3n) is 3.77. The first-order valence-electron chi connectivity index (χ1n) is 5.19. The highest BCUT2D eigenvalue weighted by Crippen LogP contribution is 2.51. The van der Waals surface area contributed by atoms with Gasteiger partial charge in [0, 0.05) is 10.5 Å². The molecule has 3 nitrogen and oxygen atoms in total. The Morgan fingerprint density at radius 3 is 2.31 bits per heavy atom. The fourth-order valence-electron chi connectivity index (χ4n) is 3.42. The number of fused-ring (bicyclic) bond motifs is 1. The number of azide groups is 1. The van der Waals surface area contributed by atoms with Crippen molar-refractivity contribution in [2.45, 2.75) is 45.1 Å². The molecule has 0 spiro atoms. The van der Waals surface area contributed by atoms with Gasteiger partial charge in [-0.05, 0) is 49.0 Å². The molecule has 0 saturated heterocycles. The Labute approximate surface area is 79.1 Å². The lowest BCUT2D eigenvalue weighted by Crippen LogP contribution is -2.17. The van der Waals surface area contributed by atoms with Crippen molar-refractivity contribution in [3.8, 4) is 0 Å². The van der Waals surface area contributed by atoms with E-state index in [-0.39, 0.29) is 5.54 Å². The number of rotatable bonds is 1. The summed E-state index contributed by atoms with van der Waals surface area (Å²) in [6.45, 7) is 4.44. The first-order chi connectivity index (χ1) is 6.13. The molecule has 0 radical (unpaired) electrons. The SMILES string of the molecule is C[C@H]1C[C@@H]2C[C@@](C)(N=[N+]=[N-])C[C@@H]2C1. The van der Waals surface area contributed by atoms with Crippen molar-refractivity contribution in [2.24, 2.45) is 22.9 Å². The highest BCUT2D eigenvalue weighted by Gasteiger charge is 2.45. The van der Waals surface area contributed by atoms with Crippen molar-refractivity contribution >= 4 is 0 Å². The van der Waals surface area contributed by atoms with E-state index in [1.54, 1.807) is 0 Å². The maximum atomic E-state index is 8.47. The minimum Gasteiger partial charge on any atom is -0.0875 e. The summed E-state index contributed by atoms with van der Waals surface area (Å²) in [4.78, 5) is 2.96. The predicted molar refractivity (Wildman–Crippen MR) is 52.2 cm³/mol. The number of hydrogen-bond acceptors (Lipinski definition) is 1. The van der Waals surface area contributed by atoms with Crippen LogP contribution in [0.5, 0.6) is 0 Å². The van der Waals surface area contributed by atoms with Gasteiger partial charge < -0.3 is 0 Å². The minimum atomic E-state index is -0.0653. The van der Waals surface area contributed by atoms with Crippen molar-refractivity contribution < 1.29 is 0 Å². The molecule has 0 N–H and O–H groups in total.